The molecule has 1 aliphatic carbocycles. The average molecular weight is 769 g/mol. The predicted octanol–water partition coefficient (Wildman–Crippen LogP) is 15.8. The van der Waals surface area contributed by atoms with Crippen molar-refractivity contribution in [1.82, 2.24) is 4.57 Å². The number of aromatic nitrogens is 1. The Kier molecular flexibility index (Phi) is 7.58. The van der Waals surface area contributed by atoms with Gasteiger partial charge < -0.3 is 13.9 Å². The van der Waals surface area contributed by atoms with E-state index in [2.05, 4.69) is 217 Å². The quantitative estimate of drug-likeness (QED) is 0.168. The lowest BCUT2D eigenvalue weighted by Crippen LogP contribution is -2.15. The molecular formula is C57H40N2O. The fourth-order valence-electron chi connectivity index (χ4n) is 9.99. The zero-order chi connectivity index (χ0) is 40.0. The highest BCUT2D eigenvalue weighted by molar-refractivity contribution is 6.11. The second-order valence-corrected chi connectivity index (χ2v) is 16.5. The van der Waals surface area contributed by atoms with Crippen LogP contribution in [0.3, 0.4) is 0 Å². The van der Waals surface area contributed by atoms with Gasteiger partial charge in [0.05, 0.1) is 16.7 Å². The zero-order valence-electron chi connectivity index (χ0n) is 33.4. The van der Waals surface area contributed by atoms with Crippen LogP contribution in [-0.4, -0.2) is 4.57 Å². The molecule has 11 aromatic rings. The van der Waals surface area contributed by atoms with Gasteiger partial charge in [-0.15, -0.1) is 0 Å². The Hall–Kier alpha value is -7.62. The summed E-state index contributed by atoms with van der Waals surface area (Å²) in [5.74, 6) is 0. The lowest BCUT2D eigenvalue weighted by molar-refractivity contribution is 0.660. The van der Waals surface area contributed by atoms with Crippen molar-refractivity contribution in [3.05, 3.63) is 217 Å². The number of benzene rings is 9. The van der Waals surface area contributed by atoms with E-state index in [9.17, 15) is 0 Å². The summed E-state index contributed by atoms with van der Waals surface area (Å²) in [7, 11) is 0. The summed E-state index contributed by atoms with van der Waals surface area (Å²) >= 11 is 0. The maximum Gasteiger partial charge on any atom is 0.136 e. The van der Waals surface area contributed by atoms with Crippen molar-refractivity contribution in [2.24, 2.45) is 0 Å². The summed E-state index contributed by atoms with van der Waals surface area (Å²) in [5.41, 5.74) is 18.4. The van der Waals surface area contributed by atoms with Crippen molar-refractivity contribution in [1.29, 1.82) is 0 Å². The minimum atomic E-state index is -0.109. The molecule has 0 saturated carbocycles. The van der Waals surface area contributed by atoms with E-state index in [-0.39, 0.29) is 5.41 Å². The molecule has 9 aromatic carbocycles. The van der Waals surface area contributed by atoms with Gasteiger partial charge in [-0.25, -0.2) is 0 Å². The molecule has 0 unspecified atom stereocenters. The third kappa shape index (κ3) is 5.15. The molecule has 0 radical (unpaired) electrons. The van der Waals surface area contributed by atoms with Gasteiger partial charge in [0, 0.05) is 49.6 Å². The Morgan fingerprint density at radius 1 is 0.417 bits per heavy atom. The van der Waals surface area contributed by atoms with Gasteiger partial charge in [-0.05, 0) is 106 Å². The predicted molar refractivity (Wildman–Crippen MR) is 251 cm³/mol. The number of furan rings is 1. The molecule has 0 aliphatic heterocycles. The summed E-state index contributed by atoms with van der Waals surface area (Å²) in [6.07, 6.45) is 0. The Bertz CT molecular complexity index is 3480. The smallest absolute Gasteiger partial charge is 0.136 e. The van der Waals surface area contributed by atoms with Crippen LogP contribution in [0.4, 0.5) is 17.1 Å². The molecule has 0 N–H and O–H groups in total. The Labute approximate surface area is 349 Å². The van der Waals surface area contributed by atoms with Crippen molar-refractivity contribution in [2.45, 2.75) is 19.3 Å². The molecule has 1 aliphatic rings. The number of hydrogen-bond acceptors (Lipinski definition) is 2. The van der Waals surface area contributed by atoms with Crippen LogP contribution in [-0.2, 0) is 5.41 Å². The van der Waals surface area contributed by atoms with Crippen LogP contribution in [0.2, 0.25) is 0 Å². The van der Waals surface area contributed by atoms with E-state index in [1.807, 2.05) is 12.1 Å². The highest BCUT2D eigenvalue weighted by Gasteiger charge is 2.37. The highest BCUT2D eigenvalue weighted by atomic mass is 16.3. The third-order valence-electron chi connectivity index (χ3n) is 12.8. The van der Waals surface area contributed by atoms with Crippen LogP contribution >= 0.6 is 0 Å². The fourth-order valence-corrected chi connectivity index (χ4v) is 9.99. The van der Waals surface area contributed by atoms with Crippen molar-refractivity contribution < 1.29 is 4.42 Å². The second-order valence-electron chi connectivity index (χ2n) is 16.5. The van der Waals surface area contributed by atoms with Crippen LogP contribution in [0.5, 0.6) is 0 Å². The SMILES string of the molecule is CC1(C)c2ccccc2-c2c(-c3ccccc3N(c3cccc(-c4ccc5c(c4)oc4ccccc45)c3)c3ccc4c5ccccc5n(-c5ccccc5)c4c3)cccc21. The summed E-state index contributed by atoms with van der Waals surface area (Å²) in [5, 5.41) is 4.72. The molecule has 2 aromatic heterocycles. The van der Waals surface area contributed by atoms with E-state index in [0.29, 0.717) is 0 Å². The van der Waals surface area contributed by atoms with Gasteiger partial charge in [0.15, 0.2) is 0 Å². The van der Waals surface area contributed by atoms with E-state index >= 15 is 0 Å². The Morgan fingerprint density at radius 2 is 1.05 bits per heavy atom. The fraction of sp³-hybridized carbons (Fsp3) is 0.0526. The van der Waals surface area contributed by atoms with E-state index in [1.54, 1.807) is 0 Å². The van der Waals surface area contributed by atoms with E-state index in [1.165, 1.54) is 49.7 Å². The number of anilines is 3. The van der Waals surface area contributed by atoms with Gasteiger partial charge in [0.25, 0.3) is 0 Å². The van der Waals surface area contributed by atoms with Gasteiger partial charge in [-0.2, -0.15) is 0 Å². The van der Waals surface area contributed by atoms with Gasteiger partial charge in [0.1, 0.15) is 11.2 Å². The summed E-state index contributed by atoms with van der Waals surface area (Å²) in [4.78, 5) is 2.45. The maximum absolute atomic E-state index is 6.37. The molecule has 3 heteroatoms. The highest BCUT2D eigenvalue weighted by Crippen LogP contribution is 2.54. The first-order valence-corrected chi connectivity index (χ1v) is 20.8. The summed E-state index contributed by atoms with van der Waals surface area (Å²) < 4.78 is 8.78. The lowest BCUT2D eigenvalue weighted by Gasteiger charge is -2.29. The van der Waals surface area contributed by atoms with E-state index < -0.39 is 0 Å². The van der Waals surface area contributed by atoms with Crippen LogP contribution in [0.25, 0.3) is 82.8 Å². The van der Waals surface area contributed by atoms with Gasteiger partial charge in [0.2, 0.25) is 0 Å². The molecule has 0 amide bonds. The number of fused-ring (bicyclic) bond motifs is 9. The standard InChI is InChI=1S/C57H40N2O/c1-57(2)49-25-10-6-23-48(49)56-47(24-15-26-50(56)57)43-21-8-11-27-51(43)58(40-19-14-16-37(34-40)38-30-32-46-45-22-9-13-29-54(45)60-55(46)35-38)41-31-33-44-42-20-7-12-28-52(42)59(53(44)36-41)39-17-4-3-5-18-39/h3-36H,1-2H3. The van der Waals surface area contributed by atoms with Crippen LogP contribution < -0.4 is 4.90 Å². The normalized spacial score (nSPS) is 13.0. The molecule has 0 saturated heterocycles. The Morgan fingerprint density at radius 3 is 1.95 bits per heavy atom. The molecule has 284 valence electrons. The van der Waals surface area contributed by atoms with Crippen molar-refractivity contribution in [2.75, 3.05) is 4.90 Å². The first-order chi connectivity index (χ1) is 29.5. The monoisotopic (exact) mass is 768 g/mol. The zero-order valence-corrected chi connectivity index (χ0v) is 33.4. The molecule has 60 heavy (non-hydrogen) atoms. The summed E-state index contributed by atoms with van der Waals surface area (Å²) in [6, 6.07) is 75.0. The van der Waals surface area contributed by atoms with E-state index in [0.717, 1.165) is 61.3 Å². The lowest BCUT2D eigenvalue weighted by atomic mass is 9.82. The molecule has 3 nitrogen and oxygen atoms in total. The average Bonchev–Trinajstić information content (AvgIpc) is 3.92. The van der Waals surface area contributed by atoms with E-state index in [4.69, 9.17) is 4.42 Å². The molecular weight excluding hydrogens is 729 g/mol. The number of rotatable bonds is 6. The van der Waals surface area contributed by atoms with Crippen molar-refractivity contribution in [3.8, 4) is 39.1 Å². The first kappa shape index (κ1) is 34.4. The van der Waals surface area contributed by atoms with Crippen LogP contribution in [0, 0.1) is 0 Å². The van der Waals surface area contributed by atoms with Crippen molar-refractivity contribution >= 4 is 60.8 Å². The molecule has 2 heterocycles. The molecule has 12 rings (SSSR count). The summed E-state index contributed by atoms with van der Waals surface area (Å²) in [6.45, 7) is 4.71. The minimum absolute atomic E-state index is 0.109. The number of hydrogen-bond donors (Lipinski definition) is 0. The third-order valence-corrected chi connectivity index (χ3v) is 12.8. The van der Waals surface area contributed by atoms with Gasteiger partial charge >= 0.3 is 0 Å². The Balaban J connectivity index is 1.10. The number of para-hydroxylation sites is 4. The molecule has 0 bridgehead atoms. The second kappa shape index (κ2) is 13.2. The maximum atomic E-state index is 6.37. The van der Waals surface area contributed by atoms with Gasteiger partial charge in [-0.1, -0.05) is 153 Å². The van der Waals surface area contributed by atoms with Crippen molar-refractivity contribution in [3.63, 3.8) is 0 Å². The minimum Gasteiger partial charge on any atom is -0.456 e. The topological polar surface area (TPSA) is 21.3 Å². The molecule has 0 spiro atoms. The largest absolute Gasteiger partial charge is 0.456 e. The molecule has 0 fully saturated rings. The first-order valence-electron chi connectivity index (χ1n) is 20.8. The van der Waals surface area contributed by atoms with Gasteiger partial charge in [-0.3, -0.25) is 0 Å². The molecule has 0 atom stereocenters. The number of nitrogens with zero attached hydrogens (tertiary/aromatic N) is 2. The van der Waals surface area contributed by atoms with Crippen LogP contribution in [0.15, 0.2) is 211 Å². The van der Waals surface area contributed by atoms with Crippen LogP contribution in [0.1, 0.15) is 25.0 Å².